The van der Waals surface area contributed by atoms with Gasteiger partial charge in [-0.1, -0.05) is 64.7 Å². The van der Waals surface area contributed by atoms with Gasteiger partial charge >= 0.3 is 220 Å². The number of hydrogen-bond acceptors (Lipinski definition) is 3. The van der Waals surface area contributed by atoms with Crippen LogP contribution in [0.15, 0.2) is 0 Å². The van der Waals surface area contributed by atoms with E-state index in [4.69, 9.17) is 3.07 Å². The Labute approximate surface area is 300 Å². The molecule has 0 fully saturated rings. The van der Waals surface area contributed by atoms with Gasteiger partial charge < -0.3 is 4.79 Å². The van der Waals surface area contributed by atoms with Crippen LogP contribution in [0.5, 0.6) is 0 Å². The minimum atomic E-state index is -2.64. The summed E-state index contributed by atoms with van der Waals surface area (Å²) in [5, 5.41) is 0. The molecule has 0 aliphatic rings. The van der Waals surface area contributed by atoms with Gasteiger partial charge in [-0.2, -0.15) is 0 Å². The molecule has 0 atom stereocenters. The van der Waals surface area contributed by atoms with Crippen LogP contribution in [-0.4, -0.2) is 55.6 Å². The van der Waals surface area contributed by atoms with Crippen LogP contribution in [0.1, 0.15) is 220 Å². The molecule has 0 aliphatic heterocycles. The van der Waals surface area contributed by atoms with E-state index in [2.05, 4.69) is 32.6 Å². The second-order valence-electron chi connectivity index (χ2n) is 14.9. The molecule has 5 heteroatoms. The quantitative estimate of drug-likeness (QED) is 0.0355. The average Bonchev–Trinajstić information content (AvgIpc) is 3.08. The maximum absolute atomic E-state index is 13.5. The predicted molar refractivity (Wildman–Crippen MR) is 210 cm³/mol. The standard InChI is InChI=1S/C30H58NO3.3C4H9.Sn/c1-2-3-4-5-6-7-8-9-10-11-12-13-16-19-22-25-30(34)31(27-29-33)26-23-20-17-14-15-18-21-24-28-32;3*1-3-4-2;/h28H,2-27,29H2,1H3;3*1,3-4H2,2H3;/q-1;;;;+1. The molecule has 0 spiro atoms. The summed E-state index contributed by atoms with van der Waals surface area (Å²) in [4.78, 5) is 26.2. The van der Waals surface area contributed by atoms with Crippen molar-refractivity contribution in [2.45, 2.75) is 234 Å². The molecular formula is C42H85NO3Sn. The van der Waals surface area contributed by atoms with Gasteiger partial charge in [-0.15, -0.1) is 0 Å². The van der Waals surface area contributed by atoms with Crippen molar-refractivity contribution in [2.75, 3.05) is 19.7 Å². The molecule has 0 saturated carbocycles. The molecule has 0 heterocycles. The number of rotatable bonds is 39. The first-order valence-corrected chi connectivity index (χ1v) is 28.7. The van der Waals surface area contributed by atoms with Crippen LogP contribution in [0, 0.1) is 0 Å². The van der Waals surface area contributed by atoms with Gasteiger partial charge in [0.05, 0.1) is 0 Å². The van der Waals surface area contributed by atoms with Gasteiger partial charge in [-0.25, -0.2) is 0 Å². The molecule has 0 radical (unpaired) electrons. The molecule has 0 N–H and O–H groups in total. The van der Waals surface area contributed by atoms with Gasteiger partial charge in [0.15, 0.2) is 0 Å². The first-order valence-electron chi connectivity index (χ1n) is 21.4. The normalized spacial score (nSPS) is 11.7. The molecule has 280 valence electrons. The zero-order chi connectivity index (χ0) is 34.5. The van der Waals surface area contributed by atoms with Crippen molar-refractivity contribution in [3.63, 3.8) is 0 Å². The fraction of sp³-hybridized carbons (Fsp3) is 0.952. The number of carbonyl (C=O) groups is 2. The van der Waals surface area contributed by atoms with Crippen molar-refractivity contribution in [3.05, 3.63) is 0 Å². The van der Waals surface area contributed by atoms with Crippen molar-refractivity contribution in [1.82, 2.24) is 4.90 Å². The summed E-state index contributed by atoms with van der Waals surface area (Å²) < 4.78 is 11.1. The number of nitrogens with zero attached hydrogens (tertiary/aromatic N) is 1. The minimum absolute atomic E-state index is 0.369. The van der Waals surface area contributed by atoms with Gasteiger partial charge in [0, 0.05) is 6.42 Å². The topological polar surface area (TPSA) is 46.6 Å². The van der Waals surface area contributed by atoms with E-state index in [1.165, 1.54) is 174 Å². The Morgan fingerprint density at radius 1 is 0.489 bits per heavy atom. The van der Waals surface area contributed by atoms with Crippen molar-refractivity contribution in [1.29, 1.82) is 0 Å². The Hall–Kier alpha value is -0.101. The second kappa shape index (κ2) is 37.2. The molecule has 4 nitrogen and oxygen atoms in total. The zero-order valence-electron chi connectivity index (χ0n) is 32.7. The summed E-state index contributed by atoms with van der Waals surface area (Å²) in [7, 11) is 0. The summed E-state index contributed by atoms with van der Waals surface area (Å²) in [5.41, 5.74) is 0. The predicted octanol–water partition coefficient (Wildman–Crippen LogP) is 13.8. The molecule has 47 heavy (non-hydrogen) atoms. The van der Waals surface area contributed by atoms with E-state index in [1.54, 1.807) is 0 Å². The van der Waals surface area contributed by atoms with Gasteiger partial charge in [0.1, 0.15) is 6.29 Å². The number of hydrogen-bond donors (Lipinski definition) is 0. The van der Waals surface area contributed by atoms with E-state index in [1.807, 2.05) is 0 Å². The van der Waals surface area contributed by atoms with Crippen LogP contribution in [0.3, 0.4) is 0 Å². The zero-order valence-corrected chi connectivity index (χ0v) is 35.6. The van der Waals surface area contributed by atoms with Crippen LogP contribution in [0.25, 0.3) is 0 Å². The van der Waals surface area contributed by atoms with Gasteiger partial charge in [0.25, 0.3) is 0 Å². The Morgan fingerprint density at radius 2 is 0.872 bits per heavy atom. The fourth-order valence-electron chi connectivity index (χ4n) is 7.04. The van der Waals surface area contributed by atoms with E-state index in [0.717, 1.165) is 45.2 Å². The second-order valence-corrected chi connectivity index (χ2v) is 26.7. The Morgan fingerprint density at radius 3 is 1.30 bits per heavy atom. The van der Waals surface area contributed by atoms with Crippen molar-refractivity contribution >= 4 is 31.0 Å². The fourth-order valence-corrected chi connectivity index (χ4v) is 20.5. The maximum atomic E-state index is 13.5. The molecule has 0 bridgehead atoms. The van der Waals surface area contributed by atoms with Crippen LogP contribution < -0.4 is 0 Å². The first-order chi connectivity index (χ1) is 23.1. The van der Waals surface area contributed by atoms with Gasteiger partial charge in [-0.3, -0.25) is 0 Å². The Balaban J connectivity index is 4.59. The number of aldehydes is 1. The van der Waals surface area contributed by atoms with Crippen molar-refractivity contribution < 1.29 is 12.7 Å². The Kier molecular flexibility index (Phi) is 37.1. The van der Waals surface area contributed by atoms with E-state index >= 15 is 0 Å². The molecule has 0 unspecified atom stereocenters. The third kappa shape index (κ3) is 30.4. The van der Waals surface area contributed by atoms with Crippen molar-refractivity contribution in [3.8, 4) is 0 Å². The summed E-state index contributed by atoms with van der Waals surface area (Å²) >= 11 is -2.64. The van der Waals surface area contributed by atoms with E-state index < -0.39 is 18.8 Å². The van der Waals surface area contributed by atoms with E-state index in [0.29, 0.717) is 18.7 Å². The van der Waals surface area contributed by atoms with Crippen LogP contribution in [0.4, 0.5) is 0 Å². The van der Waals surface area contributed by atoms with Crippen LogP contribution in [0.2, 0.25) is 13.3 Å². The summed E-state index contributed by atoms with van der Waals surface area (Å²) in [6, 6.07) is 0. The van der Waals surface area contributed by atoms with Gasteiger partial charge in [0.2, 0.25) is 0 Å². The number of unbranched alkanes of at least 4 members (excludes halogenated alkanes) is 24. The van der Waals surface area contributed by atoms with Crippen molar-refractivity contribution in [2.24, 2.45) is 0 Å². The average molecular weight is 771 g/mol. The third-order valence-electron chi connectivity index (χ3n) is 10.3. The molecule has 0 saturated heterocycles. The SMILES string of the molecule is CCCCCCCCCCCCCCCCCC(=O)N(CCCCCCCCCC=O)CC[O][Sn]([CH2]CCC)([CH2]CCC)[CH2]CCC. The van der Waals surface area contributed by atoms with Crippen LogP contribution >= 0.6 is 0 Å². The molecule has 0 aliphatic carbocycles. The van der Waals surface area contributed by atoms with Crippen LogP contribution in [-0.2, 0) is 12.7 Å². The molecule has 0 aromatic heterocycles. The van der Waals surface area contributed by atoms with Gasteiger partial charge in [-0.05, 0) is 0 Å². The summed E-state index contributed by atoms with van der Waals surface area (Å²) in [6.07, 6.45) is 38.8. The van der Waals surface area contributed by atoms with E-state index in [-0.39, 0.29) is 0 Å². The summed E-state index contributed by atoms with van der Waals surface area (Å²) in [5.74, 6) is 0.369. The number of carbonyl (C=O) groups excluding carboxylic acids is 2. The third-order valence-corrected chi connectivity index (χ3v) is 23.5. The molecular weight excluding hydrogens is 685 g/mol. The monoisotopic (exact) mass is 772 g/mol. The molecule has 0 aromatic rings. The molecule has 1 amide bonds. The Bertz CT molecular complexity index is 636. The number of amides is 1. The first kappa shape index (κ1) is 46.9. The van der Waals surface area contributed by atoms with E-state index in [9.17, 15) is 9.59 Å². The summed E-state index contributed by atoms with van der Waals surface area (Å²) in [6.45, 7) is 11.7. The molecule has 0 rings (SSSR count). The molecule has 0 aromatic carbocycles.